The lowest BCUT2D eigenvalue weighted by molar-refractivity contribution is -0.122. The van der Waals surface area contributed by atoms with Gasteiger partial charge in [-0.2, -0.15) is 0 Å². The zero-order valence-electron chi connectivity index (χ0n) is 14.2. The summed E-state index contributed by atoms with van der Waals surface area (Å²) in [5.74, 6) is -0.159. The van der Waals surface area contributed by atoms with E-state index in [9.17, 15) is 4.79 Å². The highest BCUT2D eigenvalue weighted by Gasteiger charge is 2.33. The number of nitrogens with zero attached hydrogens (tertiary/aromatic N) is 2. The van der Waals surface area contributed by atoms with Crippen LogP contribution in [0.5, 0.6) is 0 Å². The van der Waals surface area contributed by atoms with E-state index in [1.165, 1.54) is 11.1 Å². The number of amides is 1. The van der Waals surface area contributed by atoms with Gasteiger partial charge in [0.2, 0.25) is 5.91 Å². The van der Waals surface area contributed by atoms with Crippen molar-refractivity contribution in [3.63, 3.8) is 0 Å². The highest BCUT2D eigenvalue weighted by atomic mass is 16.2. The number of aromatic nitrogens is 2. The van der Waals surface area contributed by atoms with Gasteiger partial charge in [0, 0.05) is 25.0 Å². The predicted molar refractivity (Wildman–Crippen MR) is 98.2 cm³/mol. The van der Waals surface area contributed by atoms with Gasteiger partial charge in [-0.25, -0.2) is 4.98 Å². The summed E-state index contributed by atoms with van der Waals surface area (Å²) >= 11 is 0. The summed E-state index contributed by atoms with van der Waals surface area (Å²) < 4.78 is 2.00. The molecule has 0 fully saturated rings. The van der Waals surface area contributed by atoms with Gasteiger partial charge in [-0.15, -0.1) is 0 Å². The molecule has 0 radical (unpaired) electrons. The minimum atomic E-state index is -0.232. The normalized spacial score (nSPS) is 14.0. The van der Waals surface area contributed by atoms with Crippen molar-refractivity contribution >= 4 is 5.91 Å². The zero-order valence-corrected chi connectivity index (χ0v) is 14.2. The van der Waals surface area contributed by atoms with Gasteiger partial charge in [0.25, 0.3) is 0 Å². The lowest BCUT2D eigenvalue weighted by Gasteiger charge is -2.21. The summed E-state index contributed by atoms with van der Waals surface area (Å²) in [7, 11) is 0. The quantitative estimate of drug-likeness (QED) is 0.776. The molecule has 126 valence electrons. The predicted octanol–water partition coefficient (Wildman–Crippen LogP) is 3.59. The largest absolute Gasteiger partial charge is 0.351 e. The molecule has 25 heavy (non-hydrogen) atoms. The molecule has 1 amide bonds. The van der Waals surface area contributed by atoms with E-state index in [1.54, 1.807) is 12.5 Å². The molecule has 2 aromatic carbocycles. The van der Waals surface area contributed by atoms with E-state index in [0.717, 1.165) is 24.1 Å². The molecule has 1 aliphatic carbocycles. The number of rotatable bonds is 5. The summed E-state index contributed by atoms with van der Waals surface area (Å²) in [4.78, 5) is 17.2. The van der Waals surface area contributed by atoms with Crippen LogP contribution in [-0.2, 0) is 11.3 Å². The number of hydrogen-bond donors (Lipinski definition) is 1. The molecule has 3 aromatic rings. The van der Waals surface area contributed by atoms with Gasteiger partial charge in [-0.3, -0.25) is 4.79 Å². The van der Waals surface area contributed by atoms with Gasteiger partial charge in [-0.1, -0.05) is 55.5 Å². The number of imidazole rings is 1. The van der Waals surface area contributed by atoms with Crippen LogP contribution in [0.25, 0.3) is 11.1 Å². The summed E-state index contributed by atoms with van der Waals surface area (Å²) in [5, 5.41) is 3.24. The van der Waals surface area contributed by atoms with Crippen molar-refractivity contribution in [3.8, 4) is 11.1 Å². The third-order valence-electron chi connectivity index (χ3n) is 4.93. The Labute approximate surface area is 147 Å². The fourth-order valence-electron chi connectivity index (χ4n) is 3.65. The molecule has 4 nitrogen and oxygen atoms in total. The highest BCUT2D eigenvalue weighted by Crippen LogP contribution is 2.44. The first-order valence-corrected chi connectivity index (χ1v) is 8.72. The minimum Gasteiger partial charge on any atom is -0.351 e. The molecule has 0 bridgehead atoms. The van der Waals surface area contributed by atoms with E-state index in [2.05, 4.69) is 41.5 Å². The van der Waals surface area contributed by atoms with Crippen LogP contribution in [0, 0.1) is 0 Å². The van der Waals surface area contributed by atoms with E-state index in [4.69, 9.17) is 0 Å². The number of fused-ring (bicyclic) bond motifs is 3. The highest BCUT2D eigenvalue weighted by molar-refractivity contribution is 5.96. The van der Waals surface area contributed by atoms with Gasteiger partial charge >= 0.3 is 0 Å². The number of carbonyl (C=O) groups excluding carboxylic acids is 1. The molecule has 0 aliphatic heterocycles. The Morgan fingerprint density at radius 3 is 2.32 bits per heavy atom. The van der Waals surface area contributed by atoms with E-state index in [-0.39, 0.29) is 17.9 Å². The van der Waals surface area contributed by atoms with Crippen LogP contribution in [-0.4, -0.2) is 21.5 Å². The molecule has 0 saturated carbocycles. The first-order valence-electron chi connectivity index (χ1n) is 8.72. The van der Waals surface area contributed by atoms with Crippen molar-refractivity contribution < 1.29 is 4.79 Å². The molecule has 1 atom stereocenters. The molecule has 0 saturated heterocycles. The van der Waals surface area contributed by atoms with Gasteiger partial charge in [0.15, 0.2) is 0 Å². The summed E-state index contributed by atoms with van der Waals surface area (Å²) in [6.45, 7) is 2.83. The summed E-state index contributed by atoms with van der Waals surface area (Å²) in [6, 6.07) is 16.5. The van der Waals surface area contributed by atoms with Gasteiger partial charge in [-0.05, 0) is 28.7 Å². The maximum Gasteiger partial charge on any atom is 0.232 e. The minimum absolute atomic E-state index is 0.0735. The van der Waals surface area contributed by atoms with Crippen molar-refractivity contribution in [2.24, 2.45) is 0 Å². The molecular weight excluding hydrogens is 310 g/mol. The Morgan fingerprint density at radius 2 is 1.76 bits per heavy atom. The van der Waals surface area contributed by atoms with Crippen molar-refractivity contribution in [1.29, 1.82) is 0 Å². The number of carbonyl (C=O) groups is 1. The number of nitrogens with one attached hydrogen (secondary N) is 1. The summed E-state index contributed by atoms with van der Waals surface area (Å²) in [6.07, 6.45) is 6.35. The topological polar surface area (TPSA) is 46.9 Å². The second-order valence-corrected chi connectivity index (χ2v) is 6.48. The Hall–Kier alpha value is -2.88. The molecule has 0 unspecified atom stereocenters. The first-order chi connectivity index (χ1) is 12.3. The molecule has 0 spiro atoms. The van der Waals surface area contributed by atoms with E-state index < -0.39 is 0 Å². The van der Waals surface area contributed by atoms with Crippen LogP contribution in [0.1, 0.15) is 30.4 Å². The fraction of sp³-hybridized carbons (Fsp3) is 0.238. The van der Waals surface area contributed by atoms with E-state index in [0.29, 0.717) is 0 Å². The maximum atomic E-state index is 13.1. The Morgan fingerprint density at radius 1 is 1.12 bits per heavy atom. The van der Waals surface area contributed by atoms with Crippen LogP contribution in [0.4, 0.5) is 0 Å². The van der Waals surface area contributed by atoms with Crippen LogP contribution >= 0.6 is 0 Å². The van der Waals surface area contributed by atoms with Crippen molar-refractivity contribution in [2.45, 2.75) is 31.8 Å². The third kappa shape index (κ3) is 2.84. The van der Waals surface area contributed by atoms with Gasteiger partial charge in [0.1, 0.15) is 0 Å². The number of hydrogen-bond acceptors (Lipinski definition) is 2. The average molecular weight is 331 g/mol. The Bertz CT molecular complexity index is 840. The lowest BCUT2D eigenvalue weighted by atomic mass is 9.95. The smallest absolute Gasteiger partial charge is 0.232 e. The van der Waals surface area contributed by atoms with Crippen molar-refractivity contribution in [1.82, 2.24) is 14.9 Å². The Balaban J connectivity index is 1.61. The standard InChI is InChI=1S/C21H21N3O/c1-2-15(13-24-12-11-22-14-24)23-21(25)20-18-9-5-3-7-16(18)17-8-4-6-10-19(17)20/h3-12,14-15,20H,2,13H2,1H3,(H,23,25)/t15-/m0/s1. The molecule has 4 rings (SSSR count). The van der Waals surface area contributed by atoms with Gasteiger partial charge in [0.05, 0.1) is 12.2 Å². The van der Waals surface area contributed by atoms with Gasteiger partial charge < -0.3 is 9.88 Å². The van der Waals surface area contributed by atoms with Crippen LogP contribution in [0.2, 0.25) is 0 Å². The maximum absolute atomic E-state index is 13.1. The second kappa shape index (κ2) is 6.55. The molecule has 1 heterocycles. The monoisotopic (exact) mass is 331 g/mol. The summed E-state index contributed by atoms with van der Waals surface area (Å²) in [5.41, 5.74) is 4.53. The zero-order chi connectivity index (χ0) is 17.2. The first kappa shape index (κ1) is 15.6. The van der Waals surface area contributed by atoms with Crippen LogP contribution in [0.3, 0.4) is 0 Å². The second-order valence-electron chi connectivity index (χ2n) is 6.48. The lowest BCUT2D eigenvalue weighted by Crippen LogP contribution is -2.40. The fourth-order valence-corrected chi connectivity index (χ4v) is 3.65. The number of benzene rings is 2. The Kier molecular flexibility index (Phi) is 4.10. The molecule has 1 N–H and O–H groups in total. The van der Waals surface area contributed by atoms with Crippen LogP contribution < -0.4 is 5.32 Å². The van der Waals surface area contributed by atoms with Crippen molar-refractivity contribution in [2.75, 3.05) is 0 Å². The van der Waals surface area contributed by atoms with Crippen molar-refractivity contribution in [3.05, 3.63) is 78.4 Å². The molecule has 1 aliphatic rings. The molecule has 1 aromatic heterocycles. The van der Waals surface area contributed by atoms with E-state index >= 15 is 0 Å². The van der Waals surface area contributed by atoms with E-state index in [1.807, 2.05) is 35.0 Å². The average Bonchev–Trinajstić information content (AvgIpc) is 3.26. The molecule has 4 heteroatoms. The molecular formula is C21H21N3O. The van der Waals surface area contributed by atoms with Crippen LogP contribution in [0.15, 0.2) is 67.3 Å². The third-order valence-corrected chi connectivity index (χ3v) is 4.93. The SMILES string of the molecule is CC[C@@H](Cn1ccnc1)NC(=O)C1c2ccccc2-c2ccccc21.